The quantitative estimate of drug-likeness (QED) is 0.738. The number of benzene rings is 2. The standard InChI is InChI=1S/C14H9BrN2O2S/c15-8-1-3-10-13(5-8)20-14(17-10)16-9-2-4-11-12(6-9)19-7-18-11/h1-6H,7H2,(H,16,17). The van der Waals surface area contributed by atoms with E-state index in [0.29, 0.717) is 0 Å². The van der Waals surface area contributed by atoms with Gasteiger partial charge in [0, 0.05) is 16.2 Å². The number of nitrogens with zero attached hydrogens (tertiary/aromatic N) is 1. The van der Waals surface area contributed by atoms with Gasteiger partial charge in [0.15, 0.2) is 16.6 Å². The topological polar surface area (TPSA) is 43.4 Å². The van der Waals surface area contributed by atoms with Crippen molar-refractivity contribution in [3.05, 3.63) is 40.9 Å². The molecule has 0 unspecified atom stereocenters. The van der Waals surface area contributed by atoms with Crippen LogP contribution in [-0.2, 0) is 0 Å². The van der Waals surface area contributed by atoms with Crippen LogP contribution < -0.4 is 14.8 Å². The van der Waals surface area contributed by atoms with Crippen LogP contribution in [0.5, 0.6) is 11.5 Å². The van der Waals surface area contributed by atoms with E-state index in [4.69, 9.17) is 9.47 Å². The molecule has 0 spiro atoms. The first-order valence-electron chi connectivity index (χ1n) is 6.01. The first kappa shape index (κ1) is 12.0. The van der Waals surface area contributed by atoms with E-state index in [-0.39, 0.29) is 6.79 Å². The zero-order chi connectivity index (χ0) is 13.5. The van der Waals surface area contributed by atoms with Gasteiger partial charge in [-0.05, 0) is 30.3 Å². The van der Waals surface area contributed by atoms with Gasteiger partial charge in [0.05, 0.1) is 10.2 Å². The van der Waals surface area contributed by atoms with Gasteiger partial charge in [0.25, 0.3) is 0 Å². The van der Waals surface area contributed by atoms with Crippen molar-refractivity contribution >= 4 is 48.3 Å². The number of fused-ring (bicyclic) bond motifs is 2. The summed E-state index contributed by atoms with van der Waals surface area (Å²) in [5.74, 6) is 1.54. The van der Waals surface area contributed by atoms with Gasteiger partial charge in [-0.15, -0.1) is 0 Å². The summed E-state index contributed by atoms with van der Waals surface area (Å²) >= 11 is 5.09. The predicted molar refractivity (Wildman–Crippen MR) is 83.2 cm³/mol. The van der Waals surface area contributed by atoms with Crippen LogP contribution in [0.2, 0.25) is 0 Å². The number of thiazole rings is 1. The number of anilines is 2. The summed E-state index contributed by atoms with van der Waals surface area (Å²) in [6, 6.07) is 11.8. The Kier molecular flexibility index (Phi) is 2.78. The number of aromatic nitrogens is 1. The van der Waals surface area contributed by atoms with E-state index >= 15 is 0 Å². The third-order valence-corrected chi connectivity index (χ3v) is 4.40. The fourth-order valence-corrected chi connectivity index (χ4v) is 3.49. The molecule has 0 fully saturated rings. The molecular formula is C14H9BrN2O2S. The summed E-state index contributed by atoms with van der Waals surface area (Å²) in [7, 11) is 0. The molecule has 0 radical (unpaired) electrons. The largest absolute Gasteiger partial charge is 0.454 e. The molecule has 4 nitrogen and oxygen atoms in total. The van der Waals surface area contributed by atoms with Crippen molar-refractivity contribution in [2.24, 2.45) is 0 Å². The number of rotatable bonds is 2. The third-order valence-electron chi connectivity index (χ3n) is 2.97. The van der Waals surface area contributed by atoms with Crippen LogP contribution in [-0.4, -0.2) is 11.8 Å². The summed E-state index contributed by atoms with van der Waals surface area (Å²) in [4.78, 5) is 4.56. The van der Waals surface area contributed by atoms with Gasteiger partial charge < -0.3 is 14.8 Å². The van der Waals surface area contributed by atoms with Gasteiger partial charge in [0.2, 0.25) is 6.79 Å². The zero-order valence-electron chi connectivity index (χ0n) is 10.2. The molecule has 1 aromatic heterocycles. The number of hydrogen-bond acceptors (Lipinski definition) is 5. The van der Waals surface area contributed by atoms with Crippen LogP contribution in [0.4, 0.5) is 10.8 Å². The Morgan fingerprint density at radius 3 is 2.95 bits per heavy atom. The van der Waals surface area contributed by atoms with Gasteiger partial charge >= 0.3 is 0 Å². The van der Waals surface area contributed by atoms with Crippen molar-refractivity contribution in [2.75, 3.05) is 12.1 Å². The number of hydrogen-bond donors (Lipinski definition) is 1. The number of halogens is 1. The van der Waals surface area contributed by atoms with Crippen molar-refractivity contribution in [1.82, 2.24) is 4.98 Å². The normalized spacial score (nSPS) is 12.8. The van der Waals surface area contributed by atoms with Gasteiger partial charge in [-0.25, -0.2) is 4.98 Å². The molecule has 1 aliphatic rings. The lowest BCUT2D eigenvalue weighted by Crippen LogP contribution is -1.93. The minimum absolute atomic E-state index is 0.286. The molecule has 20 heavy (non-hydrogen) atoms. The summed E-state index contributed by atoms with van der Waals surface area (Å²) in [6.07, 6.45) is 0. The highest BCUT2D eigenvalue weighted by Crippen LogP contribution is 2.36. The van der Waals surface area contributed by atoms with Gasteiger partial charge in [0.1, 0.15) is 0 Å². The van der Waals surface area contributed by atoms with Crippen molar-refractivity contribution in [3.8, 4) is 11.5 Å². The maximum atomic E-state index is 5.37. The van der Waals surface area contributed by atoms with Crippen LogP contribution >= 0.6 is 27.3 Å². The van der Waals surface area contributed by atoms with Crippen molar-refractivity contribution in [2.45, 2.75) is 0 Å². The minimum atomic E-state index is 0.286. The van der Waals surface area contributed by atoms with Crippen LogP contribution in [0.3, 0.4) is 0 Å². The smallest absolute Gasteiger partial charge is 0.231 e. The highest BCUT2D eigenvalue weighted by Gasteiger charge is 2.13. The van der Waals surface area contributed by atoms with Crippen LogP contribution in [0, 0.1) is 0 Å². The Hall–Kier alpha value is -1.79. The lowest BCUT2D eigenvalue weighted by molar-refractivity contribution is 0.174. The maximum Gasteiger partial charge on any atom is 0.231 e. The molecule has 2 heterocycles. The Morgan fingerprint density at radius 2 is 2.00 bits per heavy atom. The Morgan fingerprint density at radius 1 is 1.10 bits per heavy atom. The first-order valence-corrected chi connectivity index (χ1v) is 7.62. The fraction of sp³-hybridized carbons (Fsp3) is 0.0714. The van der Waals surface area contributed by atoms with E-state index in [1.54, 1.807) is 11.3 Å². The first-order chi connectivity index (χ1) is 9.78. The molecule has 0 bridgehead atoms. The molecule has 0 saturated carbocycles. The van der Waals surface area contributed by atoms with Crippen molar-refractivity contribution < 1.29 is 9.47 Å². The molecule has 0 saturated heterocycles. The third kappa shape index (κ3) is 2.10. The fourth-order valence-electron chi connectivity index (χ4n) is 2.05. The molecule has 100 valence electrons. The summed E-state index contributed by atoms with van der Waals surface area (Å²) in [6.45, 7) is 0.286. The molecule has 0 amide bonds. The van der Waals surface area contributed by atoms with Gasteiger partial charge in [-0.2, -0.15) is 0 Å². The van der Waals surface area contributed by atoms with E-state index in [1.807, 2.05) is 30.3 Å². The monoisotopic (exact) mass is 348 g/mol. The SMILES string of the molecule is Brc1ccc2nc(Nc3ccc4c(c3)OCO4)sc2c1. The van der Waals surface area contributed by atoms with E-state index < -0.39 is 0 Å². The average Bonchev–Trinajstić information content (AvgIpc) is 3.03. The Balaban J connectivity index is 1.66. The van der Waals surface area contributed by atoms with Crippen molar-refractivity contribution in [3.63, 3.8) is 0 Å². The summed E-state index contributed by atoms with van der Waals surface area (Å²) in [5.41, 5.74) is 1.92. The van der Waals surface area contributed by atoms with E-state index in [0.717, 1.165) is 37.0 Å². The predicted octanol–water partition coefficient (Wildman–Crippen LogP) is 4.53. The molecular weight excluding hydrogens is 340 g/mol. The maximum absolute atomic E-state index is 5.37. The van der Waals surface area contributed by atoms with E-state index in [9.17, 15) is 0 Å². The van der Waals surface area contributed by atoms with E-state index in [2.05, 4.69) is 32.3 Å². The van der Waals surface area contributed by atoms with Crippen LogP contribution in [0.25, 0.3) is 10.2 Å². The summed E-state index contributed by atoms with van der Waals surface area (Å²) < 4.78 is 12.9. The average molecular weight is 349 g/mol. The molecule has 4 rings (SSSR count). The number of ether oxygens (including phenoxy) is 2. The zero-order valence-corrected chi connectivity index (χ0v) is 12.6. The van der Waals surface area contributed by atoms with E-state index in [1.165, 1.54) is 0 Å². The second-order valence-electron chi connectivity index (χ2n) is 4.32. The highest BCUT2D eigenvalue weighted by atomic mass is 79.9. The Labute approximate surface area is 127 Å². The molecule has 2 aromatic carbocycles. The summed E-state index contributed by atoms with van der Waals surface area (Å²) in [5, 5.41) is 4.16. The second-order valence-corrected chi connectivity index (χ2v) is 6.27. The van der Waals surface area contributed by atoms with Gasteiger partial charge in [-0.3, -0.25) is 0 Å². The molecule has 0 aliphatic carbocycles. The number of nitrogens with one attached hydrogen (secondary N) is 1. The molecule has 3 aromatic rings. The Bertz CT molecular complexity index is 803. The van der Waals surface area contributed by atoms with Gasteiger partial charge in [-0.1, -0.05) is 27.3 Å². The lowest BCUT2D eigenvalue weighted by Gasteiger charge is -2.03. The lowest BCUT2D eigenvalue weighted by atomic mass is 10.3. The molecule has 6 heteroatoms. The minimum Gasteiger partial charge on any atom is -0.454 e. The molecule has 0 atom stereocenters. The molecule has 1 aliphatic heterocycles. The second kappa shape index (κ2) is 4.64. The van der Waals surface area contributed by atoms with Crippen LogP contribution in [0.15, 0.2) is 40.9 Å². The highest BCUT2D eigenvalue weighted by molar-refractivity contribution is 9.10. The molecule has 1 N–H and O–H groups in total. The van der Waals surface area contributed by atoms with Crippen LogP contribution in [0.1, 0.15) is 0 Å². The van der Waals surface area contributed by atoms with Crippen molar-refractivity contribution in [1.29, 1.82) is 0 Å².